The van der Waals surface area contributed by atoms with Gasteiger partial charge in [0.25, 0.3) is 5.91 Å². The molecular weight excluding hydrogens is 415 g/mol. The Balaban J connectivity index is 1.48. The molecule has 1 fully saturated rings. The summed E-state index contributed by atoms with van der Waals surface area (Å²) in [5.74, 6) is -2.16. The number of benzene rings is 1. The van der Waals surface area contributed by atoms with Gasteiger partial charge in [-0.05, 0) is 24.6 Å². The van der Waals surface area contributed by atoms with Crippen LogP contribution in [0.5, 0.6) is 0 Å². The Kier molecular flexibility index (Phi) is 4.27. The van der Waals surface area contributed by atoms with Crippen molar-refractivity contribution in [2.75, 3.05) is 16.3 Å². The number of amides is 2. The van der Waals surface area contributed by atoms with E-state index in [4.69, 9.17) is 0 Å². The fraction of sp³-hybridized carbons (Fsp3) is 0.250. The van der Waals surface area contributed by atoms with Gasteiger partial charge in [-0.2, -0.15) is 18.2 Å². The summed E-state index contributed by atoms with van der Waals surface area (Å²) in [5, 5.41) is 3.34. The highest BCUT2D eigenvalue weighted by Gasteiger charge is 2.39. The first-order valence-corrected chi connectivity index (χ1v) is 9.44. The molecule has 1 aromatic carbocycles. The average Bonchev–Trinajstić information content (AvgIpc) is 3.47. The van der Waals surface area contributed by atoms with E-state index in [1.807, 2.05) is 0 Å². The smallest absolute Gasteiger partial charge is 0.329 e. The lowest BCUT2D eigenvalue weighted by atomic mass is 10.1. The van der Waals surface area contributed by atoms with Crippen molar-refractivity contribution in [2.24, 2.45) is 0 Å². The van der Waals surface area contributed by atoms with Gasteiger partial charge in [0.2, 0.25) is 11.7 Å². The quantitative estimate of drug-likeness (QED) is 0.633. The van der Waals surface area contributed by atoms with E-state index in [1.54, 1.807) is 29.2 Å². The number of aromatic nitrogens is 3. The average molecular weight is 429 g/mol. The molecule has 2 aliphatic heterocycles. The molecule has 0 atom stereocenters. The molecule has 2 aromatic heterocycles. The summed E-state index contributed by atoms with van der Waals surface area (Å²) in [5.41, 5.74) is 2.05. The van der Waals surface area contributed by atoms with Crippen LogP contribution >= 0.6 is 0 Å². The first kappa shape index (κ1) is 19.2. The predicted molar refractivity (Wildman–Crippen MR) is 101 cm³/mol. The molecule has 2 amide bonds. The first-order valence-electron chi connectivity index (χ1n) is 9.44. The maximum atomic E-state index is 13.1. The number of carbonyl (C=O) groups excluding carboxylic acids is 2. The molecule has 5 rings (SSSR count). The summed E-state index contributed by atoms with van der Waals surface area (Å²) in [4.78, 5) is 36.1. The molecule has 0 saturated carbocycles. The van der Waals surface area contributed by atoms with E-state index < -0.39 is 12.1 Å². The molecule has 0 unspecified atom stereocenters. The van der Waals surface area contributed by atoms with Crippen molar-refractivity contribution in [2.45, 2.75) is 25.6 Å². The Morgan fingerprint density at radius 3 is 2.45 bits per heavy atom. The van der Waals surface area contributed by atoms with Crippen molar-refractivity contribution in [3.8, 4) is 11.4 Å². The molecule has 158 valence electrons. The molecule has 11 heteroatoms. The van der Waals surface area contributed by atoms with Gasteiger partial charge >= 0.3 is 12.1 Å². The van der Waals surface area contributed by atoms with Gasteiger partial charge in [0.15, 0.2) is 0 Å². The minimum Gasteiger partial charge on any atom is -0.329 e. The zero-order valence-corrected chi connectivity index (χ0v) is 15.9. The Labute approximate surface area is 173 Å². The number of anilines is 2. The highest BCUT2D eigenvalue weighted by Crippen LogP contribution is 2.37. The lowest BCUT2D eigenvalue weighted by Crippen LogP contribution is -2.29. The van der Waals surface area contributed by atoms with E-state index in [1.165, 1.54) is 17.2 Å². The Morgan fingerprint density at radius 2 is 1.81 bits per heavy atom. The van der Waals surface area contributed by atoms with Gasteiger partial charge in [0.1, 0.15) is 0 Å². The third kappa shape index (κ3) is 3.22. The number of nitrogens with zero attached hydrogens (tertiary/aromatic N) is 5. The van der Waals surface area contributed by atoms with Crippen LogP contribution in [0.1, 0.15) is 34.8 Å². The van der Waals surface area contributed by atoms with Crippen LogP contribution in [0.15, 0.2) is 41.1 Å². The maximum Gasteiger partial charge on any atom is 0.471 e. The summed E-state index contributed by atoms with van der Waals surface area (Å²) in [6, 6.07) is 8.50. The second kappa shape index (κ2) is 6.89. The third-order valence-corrected chi connectivity index (χ3v) is 5.22. The van der Waals surface area contributed by atoms with E-state index in [9.17, 15) is 22.8 Å². The fourth-order valence-electron chi connectivity index (χ4n) is 3.77. The molecule has 0 N–H and O–H groups in total. The van der Waals surface area contributed by atoms with Crippen LogP contribution in [0.2, 0.25) is 0 Å². The van der Waals surface area contributed by atoms with Crippen LogP contribution in [0.3, 0.4) is 0 Å². The molecule has 0 spiro atoms. The summed E-state index contributed by atoms with van der Waals surface area (Å²) < 4.78 is 42.4. The molecular formula is C20H14F3N5O3. The summed E-state index contributed by atoms with van der Waals surface area (Å²) in [7, 11) is 0. The van der Waals surface area contributed by atoms with Crippen LogP contribution < -0.4 is 9.80 Å². The summed E-state index contributed by atoms with van der Waals surface area (Å²) in [6.07, 6.45) is -2.26. The number of hydrogen-bond donors (Lipinski definition) is 0. The standard InChI is InChI=1S/C20H14F3N5O3/c21-20(22,23)19-25-17(26-31-19)11-8-12-13(24-9-11)10-28(18(12)30)15-5-2-1-4-14(15)27-7-3-6-16(27)29/h1-2,4-5,8-9H,3,6-7,10H2. The lowest BCUT2D eigenvalue weighted by Gasteiger charge is -2.24. The molecule has 8 nitrogen and oxygen atoms in total. The molecule has 4 heterocycles. The molecule has 1 saturated heterocycles. The third-order valence-electron chi connectivity index (χ3n) is 5.22. The number of alkyl halides is 3. The van der Waals surface area contributed by atoms with E-state index in [0.29, 0.717) is 30.0 Å². The topological polar surface area (TPSA) is 92.4 Å². The Morgan fingerprint density at radius 1 is 1.06 bits per heavy atom. The van der Waals surface area contributed by atoms with E-state index >= 15 is 0 Å². The van der Waals surface area contributed by atoms with Crippen LogP contribution in [0.4, 0.5) is 24.5 Å². The Hall–Kier alpha value is -3.76. The number of carbonyl (C=O) groups is 2. The zero-order chi connectivity index (χ0) is 21.8. The number of hydrogen-bond acceptors (Lipinski definition) is 6. The normalized spacial score (nSPS) is 16.4. The van der Waals surface area contributed by atoms with Crippen molar-refractivity contribution in [3.63, 3.8) is 0 Å². The number of rotatable bonds is 3. The second-order valence-corrected chi connectivity index (χ2v) is 7.17. The number of pyridine rings is 1. The second-order valence-electron chi connectivity index (χ2n) is 7.17. The molecule has 0 aliphatic carbocycles. The van der Waals surface area contributed by atoms with Gasteiger partial charge in [0, 0.05) is 24.7 Å². The summed E-state index contributed by atoms with van der Waals surface area (Å²) in [6.45, 7) is 0.750. The van der Waals surface area contributed by atoms with Gasteiger partial charge in [-0.3, -0.25) is 14.6 Å². The van der Waals surface area contributed by atoms with Gasteiger partial charge in [0.05, 0.1) is 29.2 Å². The zero-order valence-electron chi connectivity index (χ0n) is 15.9. The number of halogens is 3. The van der Waals surface area contributed by atoms with Crippen LogP contribution in [-0.2, 0) is 17.5 Å². The minimum absolute atomic E-state index is 0.00500. The van der Waals surface area contributed by atoms with Crippen molar-refractivity contribution in [3.05, 3.63) is 53.7 Å². The first-order chi connectivity index (χ1) is 14.8. The number of para-hydroxylation sites is 2. The van der Waals surface area contributed by atoms with Gasteiger partial charge in [-0.1, -0.05) is 17.3 Å². The maximum absolute atomic E-state index is 13.1. The molecule has 3 aromatic rings. The number of fused-ring (bicyclic) bond motifs is 1. The molecule has 31 heavy (non-hydrogen) atoms. The molecule has 0 bridgehead atoms. The minimum atomic E-state index is -4.77. The van der Waals surface area contributed by atoms with E-state index in [2.05, 4.69) is 19.6 Å². The lowest BCUT2D eigenvalue weighted by molar-refractivity contribution is -0.159. The van der Waals surface area contributed by atoms with E-state index in [0.717, 1.165) is 6.42 Å². The van der Waals surface area contributed by atoms with Crippen molar-refractivity contribution < 1.29 is 27.3 Å². The fourth-order valence-corrected chi connectivity index (χ4v) is 3.77. The Bertz CT molecular complexity index is 1210. The van der Waals surface area contributed by atoms with Crippen molar-refractivity contribution in [1.82, 2.24) is 15.1 Å². The van der Waals surface area contributed by atoms with Crippen molar-refractivity contribution >= 4 is 23.2 Å². The van der Waals surface area contributed by atoms with Gasteiger partial charge in [-0.25, -0.2) is 0 Å². The summed E-state index contributed by atoms with van der Waals surface area (Å²) >= 11 is 0. The van der Waals surface area contributed by atoms with Crippen LogP contribution in [-0.4, -0.2) is 33.5 Å². The molecule has 0 radical (unpaired) electrons. The highest BCUT2D eigenvalue weighted by atomic mass is 19.4. The SMILES string of the molecule is O=C1CCCN1c1ccccc1N1Cc2ncc(-c3noc(C(F)(F)F)n3)cc2C1=O. The van der Waals surface area contributed by atoms with E-state index in [-0.39, 0.29) is 35.3 Å². The van der Waals surface area contributed by atoms with Gasteiger partial charge < -0.3 is 14.3 Å². The van der Waals surface area contributed by atoms with Crippen LogP contribution in [0.25, 0.3) is 11.4 Å². The monoisotopic (exact) mass is 429 g/mol. The predicted octanol–water partition coefficient (Wildman–Crippen LogP) is 3.44. The highest BCUT2D eigenvalue weighted by molar-refractivity contribution is 6.12. The van der Waals surface area contributed by atoms with Gasteiger partial charge in [-0.15, -0.1) is 0 Å². The van der Waals surface area contributed by atoms with Crippen LogP contribution in [0, 0.1) is 0 Å². The largest absolute Gasteiger partial charge is 0.471 e. The van der Waals surface area contributed by atoms with Crippen molar-refractivity contribution in [1.29, 1.82) is 0 Å². The molecule has 2 aliphatic rings.